The Balaban J connectivity index is 1.48. The Bertz CT molecular complexity index is 1400. The second-order valence-corrected chi connectivity index (χ2v) is 9.70. The van der Waals surface area contributed by atoms with Gasteiger partial charge in [-0.25, -0.2) is 0 Å². The Morgan fingerprint density at radius 2 is 1.54 bits per heavy atom. The lowest BCUT2D eigenvalue weighted by Crippen LogP contribution is -2.19. The number of thioether (sulfide) groups is 1. The summed E-state index contributed by atoms with van der Waals surface area (Å²) in [7, 11) is 0. The Kier molecular flexibility index (Phi) is 8.56. The van der Waals surface area contributed by atoms with Crippen molar-refractivity contribution in [1.29, 1.82) is 0 Å². The fourth-order valence-corrected chi connectivity index (χ4v) is 4.76. The number of anilines is 2. The predicted octanol–water partition coefficient (Wildman–Crippen LogP) is 6.90. The zero-order chi connectivity index (χ0) is 26.2. The molecule has 186 valence electrons. The molecule has 4 aromatic rings. The molecule has 0 radical (unpaired) electrons. The molecule has 0 aliphatic heterocycles. The van der Waals surface area contributed by atoms with Crippen LogP contribution in [0.5, 0.6) is 0 Å². The van der Waals surface area contributed by atoms with E-state index in [1.165, 1.54) is 36.0 Å². The minimum atomic E-state index is -0.601. The molecule has 7 nitrogen and oxygen atoms in total. The van der Waals surface area contributed by atoms with Gasteiger partial charge in [0.15, 0.2) is 0 Å². The minimum absolute atomic E-state index is 0.0538. The molecular formula is C28H22ClN3O4S. The predicted molar refractivity (Wildman–Crippen MR) is 147 cm³/mol. The summed E-state index contributed by atoms with van der Waals surface area (Å²) in [6.45, 7) is 0. The Morgan fingerprint density at radius 3 is 2.22 bits per heavy atom. The molecule has 0 bridgehead atoms. The maximum atomic E-state index is 13.3. The van der Waals surface area contributed by atoms with Crippen LogP contribution in [0.1, 0.15) is 16.4 Å². The number of halogens is 1. The highest BCUT2D eigenvalue weighted by atomic mass is 35.5. The number of rotatable bonds is 9. The molecule has 4 rings (SSSR count). The summed E-state index contributed by atoms with van der Waals surface area (Å²) in [5.41, 5.74) is 2.66. The summed E-state index contributed by atoms with van der Waals surface area (Å²) < 4.78 is 0. The maximum absolute atomic E-state index is 13.3. The van der Waals surface area contributed by atoms with Crippen LogP contribution in [0.25, 0.3) is 0 Å². The number of non-ortho nitro benzene ring substituents is 1. The average molecular weight is 532 g/mol. The van der Waals surface area contributed by atoms with Crippen LogP contribution in [0, 0.1) is 10.1 Å². The lowest BCUT2D eigenvalue weighted by atomic mass is 10.1. The van der Waals surface area contributed by atoms with Crippen molar-refractivity contribution in [2.45, 2.75) is 16.6 Å². The lowest BCUT2D eigenvalue weighted by molar-refractivity contribution is -0.384. The molecule has 37 heavy (non-hydrogen) atoms. The smallest absolute Gasteiger partial charge is 0.269 e. The Hall–Kier alpha value is -4.14. The SMILES string of the molecule is O=C(Cc1ccc(Cl)cc1)Nc1cccc(SC(C(=O)Nc2ccc([N+](=O)[O-])cc2)c2ccccc2)c1. The number of amides is 2. The third-order valence-electron chi connectivity index (χ3n) is 5.34. The molecule has 0 spiro atoms. The van der Waals surface area contributed by atoms with E-state index in [0.29, 0.717) is 16.4 Å². The van der Waals surface area contributed by atoms with E-state index in [9.17, 15) is 19.7 Å². The zero-order valence-electron chi connectivity index (χ0n) is 19.5. The number of hydrogen-bond donors (Lipinski definition) is 2. The molecular weight excluding hydrogens is 510 g/mol. The highest BCUT2D eigenvalue weighted by molar-refractivity contribution is 8.00. The van der Waals surface area contributed by atoms with E-state index in [1.807, 2.05) is 60.7 Å². The largest absolute Gasteiger partial charge is 0.326 e. The van der Waals surface area contributed by atoms with Gasteiger partial charge in [-0.3, -0.25) is 19.7 Å². The van der Waals surface area contributed by atoms with Gasteiger partial charge >= 0.3 is 0 Å². The van der Waals surface area contributed by atoms with Gasteiger partial charge in [-0.2, -0.15) is 0 Å². The van der Waals surface area contributed by atoms with Crippen molar-refractivity contribution in [3.05, 3.63) is 129 Å². The summed E-state index contributed by atoms with van der Waals surface area (Å²) in [5, 5.41) is 16.7. The van der Waals surface area contributed by atoms with Crippen LogP contribution in [0.15, 0.2) is 108 Å². The van der Waals surface area contributed by atoms with E-state index in [4.69, 9.17) is 11.6 Å². The van der Waals surface area contributed by atoms with E-state index >= 15 is 0 Å². The van der Waals surface area contributed by atoms with Crippen LogP contribution in [-0.4, -0.2) is 16.7 Å². The summed E-state index contributed by atoms with van der Waals surface area (Å²) >= 11 is 7.25. The van der Waals surface area contributed by atoms with Crippen LogP contribution in [0.4, 0.5) is 17.1 Å². The maximum Gasteiger partial charge on any atom is 0.269 e. The molecule has 0 fully saturated rings. The van der Waals surface area contributed by atoms with Gasteiger partial charge in [-0.05, 0) is 53.6 Å². The number of carbonyl (C=O) groups is 2. The van der Waals surface area contributed by atoms with Gasteiger partial charge in [0.1, 0.15) is 5.25 Å². The van der Waals surface area contributed by atoms with Crippen molar-refractivity contribution >= 4 is 52.2 Å². The van der Waals surface area contributed by atoms with Gasteiger partial charge in [-0.15, -0.1) is 11.8 Å². The molecule has 0 aliphatic carbocycles. The molecule has 2 amide bonds. The summed E-state index contributed by atoms with van der Waals surface area (Å²) in [6, 6.07) is 29.4. The molecule has 0 aromatic heterocycles. The number of nitro benzene ring substituents is 1. The van der Waals surface area contributed by atoms with E-state index < -0.39 is 10.2 Å². The van der Waals surface area contributed by atoms with Crippen molar-refractivity contribution in [2.75, 3.05) is 10.6 Å². The first-order valence-electron chi connectivity index (χ1n) is 11.3. The summed E-state index contributed by atoms with van der Waals surface area (Å²) in [4.78, 5) is 37.0. The first-order chi connectivity index (χ1) is 17.9. The highest BCUT2D eigenvalue weighted by Crippen LogP contribution is 2.37. The molecule has 9 heteroatoms. The van der Waals surface area contributed by atoms with E-state index in [-0.39, 0.29) is 23.9 Å². The zero-order valence-corrected chi connectivity index (χ0v) is 21.0. The average Bonchev–Trinajstić information content (AvgIpc) is 2.89. The van der Waals surface area contributed by atoms with E-state index in [0.717, 1.165) is 16.0 Å². The second kappa shape index (κ2) is 12.2. The Labute approximate surface area is 223 Å². The standard InChI is InChI=1S/C28H22ClN3O4S/c29-21-11-9-19(10-12-21)17-26(33)30-23-7-4-8-25(18-23)37-27(20-5-2-1-3-6-20)28(34)31-22-13-15-24(16-14-22)32(35)36/h1-16,18,27H,17H2,(H,30,33)(H,31,34). The van der Waals surface area contributed by atoms with Gasteiger partial charge in [0.2, 0.25) is 11.8 Å². The number of nitrogens with one attached hydrogen (secondary N) is 2. The van der Waals surface area contributed by atoms with Crippen molar-refractivity contribution in [3.8, 4) is 0 Å². The first-order valence-corrected chi connectivity index (χ1v) is 12.5. The van der Waals surface area contributed by atoms with Gasteiger partial charge < -0.3 is 10.6 Å². The van der Waals surface area contributed by atoms with Gasteiger partial charge in [0, 0.05) is 33.4 Å². The number of benzene rings is 4. The third kappa shape index (κ3) is 7.42. The minimum Gasteiger partial charge on any atom is -0.326 e. The highest BCUT2D eigenvalue weighted by Gasteiger charge is 2.23. The number of hydrogen-bond acceptors (Lipinski definition) is 5. The second-order valence-electron chi connectivity index (χ2n) is 8.08. The molecule has 1 unspecified atom stereocenters. The molecule has 2 N–H and O–H groups in total. The quantitative estimate of drug-likeness (QED) is 0.139. The van der Waals surface area contributed by atoms with Crippen LogP contribution in [0.3, 0.4) is 0 Å². The fraction of sp³-hybridized carbons (Fsp3) is 0.0714. The fourth-order valence-electron chi connectivity index (χ4n) is 3.55. The monoisotopic (exact) mass is 531 g/mol. The Morgan fingerprint density at radius 1 is 0.838 bits per heavy atom. The molecule has 0 saturated carbocycles. The molecule has 1 atom stereocenters. The van der Waals surface area contributed by atoms with E-state index in [2.05, 4.69) is 10.6 Å². The van der Waals surface area contributed by atoms with Crippen molar-refractivity contribution < 1.29 is 14.5 Å². The lowest BCUT2D eigenvalue weighted by Gasteiger charge is -2.18. The first kappa shape index (κ1) is 25.9. The topological polar surface area (TPSA) is 101 Å². The van der Waals surface area contributed by atoms with Crippen LogP contribution in [0.2, 0.25) is 5.02 Å². The number of carbonyl (C=O) groups excluding carboxylic acids is 2. The van der Waals surface area contributed by atoms with Crippen molar-refractivity contribution in [3.63, 3.8) is 0 Å². The van der Waals surface area contributed by atoms with Gasteiger partial charge in [0.05, 0.1) is 11.3 Å². The molecule has 0 saturated heterocycles. The summed E-state index contributed by atoms with van der Waals surface area (Å²) in [6.07, 6.45) is 0.207. The van der Waals surface area contributed by atoms with Crippen molar-refractivity contribution in [1.82, 2.24) is 0 Å². The summed E-state index contributed by atoms with van der Waals surface area (Å²) in [5.74, 6) is -0.442. The van der Waals surface area contributed by atoms with Gasteiger partial charge in [0.25, 0.3) is 5.69 Å². The molecule has 4 aromatic carbocycles. The number of nitrogens with zero attached hydrogens (tertiary/aromatic N) is 1. The van der Waals surface area contributed by atoms with Crippen molar-refractivity contribution in [2.24, 2.45) is 0 Å². The van der Waals surface area contributed by atoms with Crippen LogP contribution in [-0.2, 0) is 16.0 Å². The van der Waals surface area contributed by atoms with Crippen LogP contribution < -0.4 is 10.6 Å². The molecule has 0 aliphatic rings. The normalized spacial score (nSPS) is 11.4. The number of nitro groups is 1. The van der Waals surface area contributed by atoms with E-state index in [1.54, 1.807) is 18.2 Å². The van der Waals surface area contributed by atoms with Gasteiger partial charge in [-0.1, -0.05) is 60.1 Å². The van der Waals surface area contributed by atoms with Crippen LogP contribution >= 0.6 is 23.4 Å². The molecule has 0 heterocycles. The third-order valence-corrected chi connectivity index (χ3v) is 6.84.